The van der Waals surface area contributed by atoms with Gasteiger partial charge in [-0.2, -0.15) is 4.68 Å². The van der Waals surface area contributed by atoms with Crippen molar-refractivity contribution in [2.24, 2.45) is 0 Å². The van der Waals surface area contributed by atoms with Gasteiger partial charge in [0.05, 0.1) is 11.4 Å². The number of carboxylic acids is 1. The maximum atomic E-state index is 12.1. The van der Waals surface area contributed by atoms with Crippen molar-refractivity contribution in [1.82, 2.24) is 20.2 Å². The van der Waals surface area contributed by atoms with E-state index in [-0.39, 0.29) is 11.1 Å². The molecule has 108 valence electrons. The maximum Gasteiger partial charge on any atom is 0.331 e. The van der Waals surface area contributed by atoms with Crippen molar-refractivity contribution in [1.29, 1.82) is 0 Å². The first-order valence-corrected chi connectivity index (χ1v) is 6.05. The molecule has 0 aliphatic heterocycles. The van der Waals surface area contributed by atoms with E-state index in [4.69, 9.17) is 5.11 Å². The number of amides is 1. The quantitative estimate of drug-likeness (QED) is 0.812. The third kappa shape index (κ3) is 3.11. The molecule has 0 saturated heterocycles. The predicted octanol–water partition coefficient (Wildman–Crippen LogP) is 1.02. The van der Waals surface area contributed by atoms with Crippen LogP contribution in [0.2, 0.25) is 0 Å². The maximum absolute atomic E-state index is 12.1. The Kier molecular flexibility index (Phi) is 4.07. The van der Waals surface area contributed by atoms with Gasteiger partial charge in [0.15, 0.2) is 0 Å². The molecule has 0 atom stereocenters. The summed E-state index contributed by atoms with van der Waals surface area (Å²) in [5.41, 5.74) is 1.19. The van der Waals surface area contributed by atoms with Crippen LogP contribution in [0, 0.1) is 0 Å². The molecule has 0 unspecified atom stereocenters. The lowest BCUT2D eigenvalue weighted by Gasteiger charge is -2.11. The summed E-state index contributed by atoms with van der Waals surface area (Å²) in [5.74, 6) is -1.62. The molecule has 0 saturated carbocycles. The van der Waals surface area contributed by atoms with E-state index >= 15 is 0 Å². The Morgan fingerprint density at radius 2 is 1.90 bits per heavy atom. The molecular weight excluding hydrogens is 274 g/mol. The lowest BCUT2D eigenvalue weighted by molar-refractivity contribution is -0.133. The molecule has 0 bridgehead atoms. The molecule has 0 fully saturated rings. The molecule has 1 amide bonds. The monoisotopic (exact) mass is 287 g/mol. The highest BCUT2D eigenvalue weighted by molar-refractivity contribution is 6.08. The van der Waals surface area contributed by atoms with Gasteiger partial charge in [-0.25, -0.2) is 4.79 Å². The number of nitrogens with one attached hydrogen (secondary N) is 1. The average Bonchev–Trinajstić information content (AvgIpc) is 3.00. The molecule has 0 aliphatic carbocycles. The third-order valence-corrected chi connectivity index (χ3v) is 2.97. The van der Waals surface area contributed by atoms with Gasteiger partial charge in [-0.05, 0) is 36.4 Å². The van der Waals surface area contributed by atoms with Gasteiger partial charge in [-0.3, -0.25) is 4.79 Å². The number of nitrogens with zero attached hydrogens (tertiary/aromatic N) is 4. The van der Waals surface area contributed by atoms with E-state index in [0.29, 0.717) is 11.4 Å². The Morgan fingerprint density at radius 1 is 1.19 bits per heavy atom. The SMILES string of the molecule is CC(C(=O)O)=C(C)C(=O)Nc1ccccc1-n1cnnn1. The van der Waals surface area contributed by atoms with E-state index in [0.717, 1.165) is 0 Å². The van der Waals surface area contributed by atoms with Crippen molar-refractivity contribution >= 4 is 17.6 Å². The number of carbonyl (C=O) groups is 2. The van der Waals surface area contributed by atoms with Crippen molar-refractivity contribution in [2.45, 2.75) is 13.8 Å². The summed E-state index contributed by atoms with van der Waals surface area (Å²) in [5, 5.41) is 22.4. The zero-order valence-corrected chi connectivity index (χ0v) is 11.4. The normalized spacial score (nSPS) is 11.7. The molecule has 0 spiro atoms. The fourth-order valence-corrected chi connectivity index (χ4v) is 1.60. The number of carbonyl (C=O) groups excluding carboxylic acids is 1. The van der Waals surface area contributed by atoms with Gasteiger partial charge in [0, 0.05) is 11.1 Å². The molecule has 21 heavy (non-hydrogen) atoms. The van der Waals surface area contributed by atoms with Gasteiger partial charge >= 0.3 is 5.97 Å². The molecule has 0 aliphatic rings. The zero-order chi connectivity index (χ0) is 15.4. The summed E-state index contributed by atoms with van der Waals surface area (Å²) in [6.07, 6.45) is 1.40. The standard InChI is InChI=1S/C13H13N5O3/c1-8(9(2)13(20)21)12(19)15-10-5-3-4-6-11(10)18-7-14-16-17-18/h3-7H,1-2H3,(H,15,19)(H,20,21). The number of aromatic nitrogens is 4. The third-order valence-electron chi connectivity index (χ3n) is 2.97. The number of hydrogen-bond acceptors (Lipinski definition) is 5. The molecule has 8 heteroatoms. The summed E-state index contributed by atoms with van der Waals surface area (Å²) in [4.78, 5) is 23.0. The largest absolute Gasteiger partial charge is 0.478 e. The number of tetrazole rings is 1. The van der Waals surface area contributed by atoms with Gasteiger partial charge < -0.3 is 10.4 Å². The lowest BCUT2D eigenvalue weighted by Crippen LogP contribution is -2.17. The van der Waals surface area contributed by atoms with Gasteiger partial charge in [-0.15, -0.1) is 5.10 Å². The van der Waals surface area contributed by atoms with E-state index in [1.54, 1.807) is 24.3 Å². The van der Waals surface area contributed by atoms with Crippen LogP contribution in [0.5, 0.6) is 0 Å². The highest BCUT2D eigenvalue weighted by Crippen LogP contribution is 2.19. The highest BCUT2D eigenvalue weighted by atomic mass is 16.4. The van der Waals surface area contributed by atoms with E-state index in [9.17, 15) is 9.59 Å². The first-order chi connectivity index (χ1) is 10.0. The van der Waals surface area contributed by atoms with Gasteiger partial charge in [0.2, 0.25) is 0 Å². The Bertz CT molecular complexity index is 706. The molecule has 2 aromatic rings. The molecule has 8 nitrogen and oxygen atoms in total. The second kappa shape index (κ2) is 5.95. The van der Waals surface area contributed by atoms with Crippen LogP contribution in [0.3, 0.4) is 0 Å². The number of benzene rings is 1. The van der Waals surface area contributed by atoms with Crippen LogP contribution in [-0.4, -0.2) is 37.2 Å². The second-order valence-electron chi connectivity index (χ2n) is 4.28. The smallest absolute Gasteiger partial charge is 0.331 e. The molecule has 1 aromatic heterocycles. The van der Waals surface area contributed by atoms with Crippen LogP contribution in [-0.2, 0) is 9.59 Å². The summed E-state index contributed by atoms with van der Waals surface area (Å²) < 4.78 is 1.40. The van der Waals surface area contributed by atoms with Crippen molar-refractivity contribution in [2.75, 3.05) is 5.32 Å². The van der Waals surface area contributed by atoms with Crippen LogP contribution in [0.25, 0.3) is 5.69 Å². The zero-order valence-electron chi connectivity index (χ0n) is 11.4. The number of anilines is 1. The molecule has 2 rings (SSSR count). The molecule has 2 N–H and O–H groups in total. The molecule has 0 radical (unpaired) electrons. The second-order valence-corrected chi connectivity index (χ2v) is 4.28. The Balaban J connectivity index is 2.31. The highest BCUT2D eigenvalue weighted by Gasteiger charge is 2.14. The summed E-state index contributed by atoms with van der Waals surface area (Å²) in [6, 6.07) is 6.93. The number of para-hydroxylation sites is 2. The minimum Gasteiger partial charge on any atom is -0.478 e. The minimum atomic E-state index is -1.13. The minimum absolute atomic E-state index is 0.00703. The summed E-state index contributed by atoms with van der Waals surface area (Å²) in [7, 11) is 0. The topological polar surface area (TPSA) is 110 Å². The predicted molar refractivity (Wildman–Crippen MR) is 73.8 cm³/mol. The average molecular weight is 287 g/mol. The van der Waals surface area contributed by atoms with Crippen molar-refractivity contribution in [3.8, 4) is 5.69 Å². The van der Waals surface area contributed by atoms with E-state index in [2.05, 4.69) is 20.8 Å². The first kappa shape index (κ1) is 14.4. The fraction of sp³-hybridized carbons (Fsp3) is 0.154. The Morgan fingerprint density at radius 3 is 2.52 bits per heavy atom. The van der Waals surface area contributed by atoms with Crippen LogP contribution in [0.4, 0.5) is 5.69 Å². The van der Waals surface area contributed by atoms with Gasteiger partial charge in [0.1, 0.15) is 6.33 Å². The van der Waals surface area contributed by atoms with Crippen LogP contribution in [0.1, 0.15) is 13.8 Å². The van der Waals surface area contributed by atoms with Crippen molar-refractivity contribution in [3.63, 3.8) is 0 Å². The number of hydrogen-bond donors (Lipinski definition) is 2. The molecular formula is C13H13N5O3. The van der Waals surface area contributed by atoms with Crippen LogP contribution < -0.4 is 5.32 Å². The van der Waals surface area contributed by atoms with E-state index in [1.807, 2.05) is 0 Å². The van der Waals surface area contributed by atoms with Gasteiger partial charge in [0.25, 0.3) is 5.91 Å². The Hall–Kier alpha value is -3.03. The van der Waals surface area contributed by atoms with Crippen molar-refractivity contribution < 1.29 is 14.7 Å². The lowest BCUT2D eigenvalue weighted by atomic mass is 10.1. The Labute approximate surface area is 120 Å². The molecule has 1 heterocycles. The van der Waals surface area contributed by atoms with Crippen LogP contribution in [0.15, 0.2) is 41.7 Å². The number of carboxylic acid groups (broad SMARTS) is 1. The first-order valence-electron chi connectivity index (χ1n) is 6.05. The number of aliphatic carboxylic acids is 1. The summed E-state index contributed by atoms with van der Waals surface area (Å²) in [6.45, 7) is 2.84. The molecule has 1 aromatic carbocycles. The van der Waals surface area contributed by atoms with Gasteiger partial charge in [-0.1, -0.05) is 12.1 Å². The van der Waals surface area contributed by atoms with Crippen LogP contribution >= 0.6 is 0 Å². The number of rotatable bonds is 4. The van der Waals surface area contributed by atoms with E-state index in [1.165, 1.54) is 24.9 Å². The fourth-order valence-electron chi connectivity index (χ4n) is 1.60. The van der Waals surface area contributed by atoms with Crippen molar-refractivity contribution in [3.05, 3.63) is 41.7 Å². The van der Waals surface area contributed by atoms with E-state index < -0.39 is 11.9 Å². The summed E-state index contributed by atoms with van der Waals surface area (Å²) >= 11 is 0.